The third-order valence-electron chi connectivity index (χ3n) is 3.78. The molecule has 0 unspecified atom stereocenters. The van der Waals surface area contributed by atoms with E-state index >= 15 is 0 Å². The van der Waals surface area contributed by atoms with Gasteiger partial charge in [0, 0.05) is 24.7 Å². The number of nitrogens with zero attached hydrogens (tertiary/aromatic N) is 3. The zero-order valence-corrected chi connectivity index (χ0v) is 11.7. The summed E-state index contributed by atoms with van der Waals surface area (Å²) in [6.45, 7) is 8.34. The molecule has 1 aromatic rings. The van der Waals surface area contributed by atoms with Gasteiger partial charge in [-0.2, -0.15) is 0 Å². The maximum absolute atomic E-state index is 4.51. The minimum absolute atomic E-state index is 0.665. The van der Waals surface area contributed by atoms with Crippen molar-refractivity contribution in [2.24, 2.45) is 0 Å². The smallest absolute Gasteiger partial charge is 0.137 e. The van der Waals surface area contributed by atoms with Crippen LogP contribution in [0.3, 0.4) is 0 Å². The minimum Gasteiger partial charge on any atom is -0.370 e. The number of hydrogen-bond acceptors (Lipinski definition) is 4. The maximum atomic E-state index is 4.51. The number of rotatable bonds is 5. The van der Waals surface area contributed by atoms with Crippen LogP contribution < -0.4 is 10.2 Å². The molecule has 1 saturated carbocycles. The number of hydrogen-bond donors (Lipinski definition) is 1. The van der Waals surface area contributed by atoms with E-state index in [1.54, 1.807) is 6.33 Å². The maximum Gasteiger partial charge on any atom is 0.137 e. The Morgan fingerprint density at radius 1 is 1.28 bits per heavy atom. The summed E-state index contributed by atoms with van der Waals surface area (Å²) in [5, 5.41) is 3.31. The van der Waals surface area contributed by atoms with Crippen molar-refractivity contribution in [1.29, 1.82) is 0 Å². The molecule has 1 N–H and O–H groups in total. The Kier molecular flexibility index (Phi) is 4.39. The van der Waals surface area contributed by atoms with E-state index in [4.69, 9.17) is 0 Å². The monoisotopic (exact) mass is 248 g/mol. The highest BCUT2D eigenvalue weighted by Crippen LogP contribution is 2.30. The first kappa shape index (κ1) is 13.1. The molecule has 0 radical (unpaired) electrons. The summed E-state index contributed by atoms with van der Waals surface area (Å²) in [4.78, 5) is 11.3. The van der Waals surface area contributed by atoms with Gasteiger partial charge in [-0.3, -0.25) is 0 Å². The molecular weight excluding hydrogens is 224 g/mol. The van der Waals surface area contributed by atoms with Gasteiger partial charge in [0.2, 0.25) is 0 Å². The fourth-order valence-electron chi connectivity index (χ4n) is 2.87. The van der Waals surface area contributed by atoms with Crippen molar-refractivity contribution in [1.82, 2.24) is 9.97 Å². The van der Waals surface area contributed by atoms with Crippen molar-refractivity contribution in [3.63, 3.8) is 0 Å². The van der Waals surface area contributed by atoms with Gasteiger partial charge in [0.25, 0.3) is 0 Å². The summed E-state index contributed by atoms with van der Waals surface area (Å²) in [5.41, 5.74) is 1.17. The lowest BCUT2D eigenvalue weighted by Gasteiger charge is -2.30. The summed E-state index contributed by atoms with van der Waals surface area (Å²) >= 11 is 0. The standard InChI is InChI=1S/C14H24N4/c1-4-15-13-11(3)14(17-10-16-13)18(5-2)12-8-6-7-9-12/h10,12H,4-9H2,1-3H3,(H,15,16,17). The Morgan fingerprint density at radius 2 is 2.00 bits per heavy atom. The minimum atomic E-state index is 0.665. The quantitative estimate of drug-likeness (QED) is 0.869. The first-order chi connectivity index (χ1) is 8.77. The molecule has 0 aromatic carbocycles. The van der Waals surface area contributed by atoms with Gasteiger partial charge in [0.15, 0.2) is 0 Å². The number of anilines is 2. The molecule has 100 valence electrons. The molecule has 0 aliphatic heterocycles. The SMILES string of the molecule is CCNc1ncnc(N(CC)C2CCCC2)c1C. The molecule has 0 bridgehead atoms. The fraction of sp³-hybridized carbons (Fsp3) is 0.714. The van der Waals surface area contributed by atoms with Crippen LogP contribution in [-0.2, 0) is 0 Å². The summed E-state index contributed by atoms with van der Waals surface area (Å²) in [7, 11) is 0. The van der Waals surface area contributed by atoms with Gasteiger partial charge in [-0.15, -0.1) is 0 Å². The summed E-state index contributed by atoms with van der Waals surface area (Å²) in [6, 6.07) is 0.665. The average Bonchev–Trinajstić information content (AvgIpc) is 2.89. The predicted molar refractivity (Wildman–Crippen MR) is 76.2 cm³/mol. The Bertz CT molecular complexity index is 385. The van der Waals surface area contributed by atoms with Crippen molar-refractivity contribution in [2.45, 2.75) is 52.5 Å². The van der Waals surface area contributed by atoms with Gasteiger partial charge in [-0.05, 0) is 33.6 Å². The molecule has 4 heteroatoms. The van der Waals surface area contributed by atoms with Crippen LogP contribution in [0.5, 0.6) is 0 Å². The molecule has 2 rings (SSSR count). The first-order valence-corrected chi connectivity index (χ1v) is 7.10. The molecule has 18 heavy (non-hydrogen) atoms. The van der Waals surface area contributed by atoms with Gasteiger partial charge < -0.3 is 10.2 Å². The van der Waals surface area contributed by atoms with E-state index in [0.717, 1.165) is 24.7 Å². The van der Waals surface area contributed by atoms with Crippen molar-refractivity contribution < 1.29 is 0 Å². The second kappa shape index (κ2) is 6.03. The van der Waals surface area contributed by atoms with Crippen LogP contribution in [-0.4, -0.2) is 29.1 Å². The number of nitrogens with one attached hydrogen (secondary N) is 1. The summed E-state index contributed by atoms with van der Waals surface area (Å²) < 4.78 is 0. The van der Waals surface area contributed by atoms with Crippen LogP contribution in [0.1, 0.15) is 45.1 Å². The molecule has 0 atom stereocenters. The molecule has 0 saturated heterocycles. The van der Waals surface area contributed by atoms with Crippen LogP contribution in [0.25, 0.3) is 0 Å². The molecule has 1 aliphatic carbocycles. The third-order valence-corrected chi connectivity index (χ3v) is 3.78. The van der Waals surface area contributed by atoms with E-state index in [1.165, 1.54) is 31.2 Å². The van der Waals surface area contributed by atoms with E-state index in [0.29, 0.717) is 6.04 Å². The molecular formula is C14H24N4. The Morgan fingerprint density at radius 3 is 2.61 bits per heavy atom. The van der Waals surface area contributed by atoms with E-state index < -0.39 is 0 Å². The van der Waals surface area contributed by atoms with Crippen LogP contribution in [0.2, 0.25) is 0 Å². The van der Waals surface area contributed by atoms with Gasteiger partial charge in [0.05, 0.1) is 0 Å². The van der Waals surface area contributed by atoms with Crippen molar-refractivity contribution >= 4 is 11.6 Å². The van der Waals surface area contributed by atoms with Gasteiger partial charge in [-0.25, -0.2) is 9.97 Å². The van der Waals surface area contributed by atoms with Crippen LogP contribution in [0, 0.1) is 6.92 Å². The second-order valence-corrected chi connectivity index (χ2v) is 4.93. The highest BCUT2D eigenvalue weighted by molar-refractivity contribution is 5.58. The van der Waals surface area contributed by atoms with Gasteiger partial charge >= 0.3 is 0 Å². The van der Waals surface area contributed by atoms with Crippen molar-refractivity contribution in [3.8, 4) is 0 Å². The van der Waals surface area contributed by atoms with E-state index in [9.17, 15) is 0 Å². The van der Waals surface area contributed by atoms with Crippen molar-refractivity contribution in [3.05, 3.63) is 11.9 Å². The normalized spacial score (nSPS) is 15.9. The molecule has 4 nitrogen and oxygen atoms in total. The van der Waals surface area contributed by atoms with Gasteiger partial charge in [0.1, 0.15) is 18.0 Å². The average molecular weight is 248 g/mol. The first-order valence-electron chi connectivity index (χ1n) is 7.10. The van der Waals surface area contributed by atoms with Crippen molar-refractivity contribution in [2.75, 3.05) is 23.3 Å². The van der Waals surface area contributed by atoms with Crippen LogP contribution >= 0.6 is 0 Å². The largest absolute Gasteiger partial charge is 0.370 e. The van der Waals surface area contributed by atoms with E-state index in [-0.39, 0.29) is 0 Å². The molecule has 1 fully saturated rings. The highest BCUT2D eigenvalue weighted by Gasteiger charge is 2.24. The zero-order valence-electron chi connectivity index (χ0n) is 11.7. The summed E-state index contributed by atoms with van der Waals surface area (Å²) in [5.74, 6) is 2.08. The molecule has 1 heterocycles. The molecule has 0 amide bonds. The fourth-order valence-corrected chi connectivity index (χ4v) is 2.87. The predicted octanol–water partition coefficient (Wildman–Crippen LogP) is 2.99. The third kappa shape index (κ3) is 2.57. The molecule has 1 aliphatic rings. The Hall–Kier alpha value is -1.32. The molecule has 1 aromatic heterocycles. The number of aromatic nitrogens is 2. The summed E-state index contributed by atoms with van der Waals surface area (Å²) in [6.07, 6.45) is 6.98. The van der Waals surface area contributed by atoms with E-state index in [1.807, 2.05) is 0 Å². The second-order valence-electron chi connectivity index (χ2n) is 4.93. The zero-order chi connectivity index (χ0) is 13.0. The lowest BCUT2D eigenvalue weighted by atomic mass is 10.2. The van der Waals surface area contributed by atoms with Gasteiger partial charge in [-0.1, -0.05) is 12.8 Å². The topological polar surface area (TPSA) is 41.1 Å². The van der Waals surface area contributed by atoms with E-state index in [2.05, 4.69) is 41.0 Å². The lowest BCUT2D eigenvalue weighted by Crippen LogP contribution is -2.34. The Labute approximate surface area is 110 Å². The Balaban J connectivity index is 2.26. The van der Waals surface area contributed by atoms with Crippen LogP contribution in [0.15, 0.2) is 6.33 Å². The van der Waals surface area contributed by atoms with Crippen LogP contribution in [0.4, 0.5) is 11.6 Å². The lowest BCUT2D eigenvalue weighted by molar-refractivity contribution is 0.611. The molecule has 0 spiro atoms. The highest BCUT2D eigenvalue weighted by atomic mass is 15.2.